The molecule has 1 aromatic heterocycles. The van der Waals surface area contributed by atoms with Crippen LogP contribution < -0.4 is 5.73 Å². The SMILES string of the molecule is CN(C)CCSc1c(N)cnc2ccccc12. The van der Waals surface area contributed by atoms with Crippen LogP contribution in [0.4, 0.5) is 5.69 Å². The van der Waals surface area contributed by atoms with Crippen LogP contribution in [-0.4, -0.2) is 36.3 Å². The Kier molecular flexibility index (Phi) is 3.86. The smallest absolute Gasteiger partial charge is 0.0714 e. The highest BCUT2D eigenvalue weighted by atomic mass is 32.2. The first-order chi connectivity index (χ1) is 8.18. The molecular formula is C13H17N3S. The summed E-state index contributed by atoms with van der Waals surface area (Å²) in [5.74, 6) is 1.03. The number of aromatic nitrogens is 1. The fourth-order valence-corrected chi connectivity index (χ4v) is 2.83. The van der Waals surface area contributed by atoms with Crippen molar-refractivity contribution in [3.63, 3.8) is 0 Å². The minimum Gasteiger partial charge on any atom is -0.397 e. The highest BCUT2D eigenvalue weighted by molar-refractivity contribution is 7.99. The van der Waals surface area contributed by atoms with Gasteiger partial charge in [-0.15, -0.1) is 11.8 Å². The van der Waals surface area contributed by atoms with Gasteiger partial charge in [0.15, 0.2) is 0 Å². The summed E-state index contributed by atoms with van der Waals surface area (Å²) in [6, 6.07) is 8.13. The summed E-state index contributed by atoms with van der Waals surface area (Å²) >= 11 is 1.80. The Morgan fingerprint density at radius 2 is 2.06 bits per heavy atom. The van der Waals surface area contributed by atoms with Crippen LogP contribution in [-0.2, 0) is 0 Å². The van der Waals surface area contributed by atoms with E-state index in [1.165, 1.54) is 0 Å². The molecular weight excluding hydrogens is 230 g/mol. The van der Waals surface area contributed by atoms with Crippen LogP contribution in [0.1, 0.15) is 0 Å². The summed E-state index contributed by atoms with van der Waals surface area (Å²) in [6.07, 6.45) is 1.75. The molecule has 2 N–H and O–H groups in total. The number of fused-ring (bicyclic) bond motifs is 1. The predicted octanol–water partition coefficient (Wildman–Crippen LogP) is 2.47. The number of rotatable bonds is 4. The van der Waals surface area contributed by atoms with E-state index in [1.54, 1.807) is 18.0 Å². The van der Waals surface area contributed by atoms with Gasteiger partial charge in [-0.1, -0.05) is 18.2 Å². The summed E-state index contributed by atoms with van der Waals surface area (Å²) in [6.45, 7) is 1.04. The second-order valence-corrected chi connectivity index (χ2v) is 5.32. The third kappa shape index (κ3) is 2.90. The minimum atomic E-state index is 0.771. The highest BCUT2D eigenvalue weighted by Gasteiger charge is 2.06. The maximum absolute atomic E-state index is 6.01. The zero-order valence-corrected chi connectivity index (χ0v) is 11.0. The van der Waals surface area contributed by atoms with Gasteiger partial charge in [0.2, 0.25) is 0 Å². The quantitative estimate of drug-likeness (QED) is 0.843. The summed E-state index contributed by atoms with van der Waals surface area (Å²) in [5, 5.41) is 1.15. The molecule has 1 aromatic carbocycles. The van der Waals surface area contributed by atoms with Crippen LogP contribution in [0.2, 0.25) is 0 Å². The van der Waals surface area contributed by atoms with Crippen LogP contribution in [0, 0.1) is 0 Å². The van der Waals surface area contributed by atoms with E-state index in [-0.39, 0.29) is 0 Å². The Labute approximate surface area is 106 Å². The average molecular weight is 247 g/mol. The molecule has 0 saturated carbocycles. The van der Waals surface area contributed by atoms with E-state index in [9.17, 15) is 0 Å². The molecule has 0 radical (unpaired) electrons. The molecule has 0 bridgehead atoms. The van der Waals surface area contributed by atoms with Gasteiger partial charge in [-0.2, -0.15) is 0 Å². The molecule has 4 heteroatoms. The number of pyridine rings is 1. The number of benzene rings is 1. The van der Waals surface area contributed by atoms with Crippen LogP contribution >= 0.6 is 11.8 Å². The van der Waals surface area contributed by atoms with E-state index >= 15 is 0 Å². The first kappa shape index (κ1) is 12.2. The monoisotopic (exact) mass is 247 g/mol. The van der Waals surface area contributed by atoms with Gasteiger partial charge in [0.1, 0.15) is 0 Å². The maximum atomic E-state index is 6.01. The molecule has 3 nitrogen and oxygen atoms in total. The fraction of sp³-hybridized carbons (Fsp3) is 0.308. The number of nitrogens with zero attached hydrogens (tertiary/aromatic N) is 2. The van der Waals surface area contributed by atoms with Crippen molar-refractivity contribution in [3.05, 3.63) is 30.5 Å². The van der Waals surface area contributed by atoms with Crippen LogP contribution in [0.25, 0.3) is 10.9 Å². The van der Waals surface area contributed by atoms with Crippen LogP contribution in [0.15, 0.2) is 35.4 Å². The van der Waals surface area contributed by atoms with Crippen molar-refractivity contribution in [2.45, 2.75) is 4.90 Å². The molecule has 0 fully saturated rings. The van der Waals surface area contributed by atoms with Gasteiger partial charge < -0.3 is 10.6 Å². The van der Waals surface area contributed by atoms with Crippen molar-refractivity contribution in [3.8, 4) is 0 Å². The predicted molar refractivity (Wildman–Crippen MR) is 75.4 cm³/mol. The number of nitrogens with two attached hydrogens (primary N) is 1. The second-order valence-electron chi connectivity index (χ2n) is 4.21. The summed E-state index contributed by atoms with van der Waals surface area (Å²) < 4.78 is 0. The summed E-state index contributed by atoms with van der Waals surface area (Å²) in [5.41, 5.74) is 7.79. The standard InChI is InChI=1S/C13H17N3S/c1-16(2)7-8-17-13-10-5-3-4-6-12(10)15-9-11(13)14/h3-6,9H,7-8,14H2,1-2H3. The Hall–Kier alpha value is -1.26. The van der Waals surface area contributed by atoms with Crippen LogP contribution in [0.5, 0.6) is 0 Å². The topological polar surface area (TPSA) is 42.1 Å². The molecule has 0 aliphatic carbocycles. The molecule has 1 heterocycles. The van der Waals surface area contributed by atoms with E-state index in [1.807, 2.05) is 18.2 Å². The molecule has 0 atom stereocenters. The molecule has 0 aliphatic heterocycles. The number of thioether (sulfide) groups is 1. The molecule has 0 aliphatic rings. The number of hydrogen-bond donors (Lipinski definition) is 1. The van der Waals surface area contributed by atoms with E-state index in [0.29, 0.717) is 0 Å². The Morgan fingerprint density at radius 3 is 2.82 bits per heavy atom. The maximum Gasteiger partial charge on any atom is 0.0714 e. The van der Waals surface area contributed by atoms with Crippen molar-refractivity contribution < 1.29 is 0 Å². The average Bonchev–Trinajstić information content (AvgIpc) is 2.32. The Balaban J connectivity index is 2.28. The lowest BCUT2D eigenvalue weighted by molar-refractivity contribution is 0.437. The molecule has 0 unspecified atom stereocenters. The number of para-hydroxylation sites is 1. The van der Waals surface area contributed by atoms with Crippen molar-refractivity contribution in [2.24, 2.45) is 0 Å². The van der Waals surface area contributed by atoms with Gasteiger partial charge in [0.05, 0.1) is 17.4 Å². The largest absolute Gasteiger partial charge is 0.397 e. The van der Waals surface area contributed by atoms with E-state index in [0.717, 1.165) is 33.8 Å². The zero-order chi connectivity index (χ0) is 12.3. The third-order valence-electron chi connectivity index (χ3n) is 2.54. The fourth-order valence-electron chi connectivity index (χ4n) is 1.62. The second kappa shape index (κ2) is 5.38. The summed E-state index contributed by atoms with van der Waals surface area (Å²) in [7, 11) is 4.16. The third-order valence-corrected chi connectivity index (χ3v) is 3.67. The lowest BCUT2D eigenvalue weighted by Gasteiger charge is -2.11. The minimum absolute atomic E-state index is 0.771. The van der Waals surface area contributed by atoms with Crippen molar-refractivity contribution >= 4 is 28.4 Å². The van der Waals surface area contributed by atoms with Gasteiger partial charge in [0, 0.05) is 22.6 Å². The van der Waals surface area contributed by atoms with Crippen LogP contribution in [0.3, 0.4) is 0 Å². The zero-order valence-electron chi connectivity index (χ0n) is 10.2. The number of anilines is 1. The number of hydrogen-bond acceptors (Lipinski definition) is 4. The van der Waals surface area contributed by atoms with Gasteiger partial charge in [-0.05, 0) is 20.2 Å². The van der Waals surface area contributed by atoms with Gasteiger partial charge in [-0.3, -0.25) is 4.98 Å². The Bertz CT molecular complexity index is 511. The molecule has 0 amide bonds. The molecule has 2 rings (SSSR count). The van der Waals surface area contributed by atoms with Crippen molar-refractivity contribution in [1.29, 1.82) is 0 Å². The van der Waals surface area contributed by atoms with E-state index in [2.05, 4.69) is 30.0 Å². The van der Waals surface area contributed by atoms with E-state index < -0.39 is 0 Å². The lowest BCUT2D eigenvalue weighted by Crippen LogP contribution is -2.14. The van der Waals surface area contributed by atoms with Crippen molar-refractivity contribution in [1.82, 2.24) is 9.88 Å². The number of nitrogen functional groups attached to an aromatic ring is 1. The van der Waals surface area contributed by atoms with Crippen molar-refractivity contribution in [2.75, 3.05) is 32.1 Å². The lowest BCUT2D eigenvalue weighted by atomic mass is 10.2. The van der Waals surface area contributed by atoms with Gasteiger partial charge in [-0.25, -0.2) is 0 Å². The first-order valence-corrected chi connectivity index (χ1v) is 6.58. The molecule has 0 spiro atoms. The van der Waals surface area contributed by atoms with Gasteiger partial charge in [0.25, 0.3) is 0 Å². The molecule has 90 valence electrons. The highest BCUT2D eigenvalue weighted by Crippen LogP contribution is 2.31. The Morgan fingerprint density at radius 1 is 1.29 bits per heavy atom. The molecule has 0 saturated heterocycles. The van der Waals surface area contributed by atoms with E-state index in [4.69, 9.17) is 5.73 Å². The normalized spacial score (nSPS) is 11.2. The summed E-state index contributed by atoms with van der Waals surface area (Å²) in [4.78, 5) is 7.66. The molecule has 2 aromatic rings. The van der Waals surface area contributed by atoms with Gasteiger partial charge >= 0.3 is 0 Å². The molecule has 17 heavy (non-hydrogen) atoms. The first-order valence-electron chi connectivity index (χ1n) is 5.59.